The second kappa shape index (κ2) is 1.75. The van der Waals surface area contributed by atoms with Crippen LogP contribution in [0, 0.1) is 5.21 Å². The lowest BCUT2D eigenvalue weighted by molar-refractivity contribution is -0.113. The van der Waals surface area contributed by atoms with Gasteiger partial charge in [0.05, 0.1) is 0 Å². The molecular formula is C3H7N2O2-. The van der Waals surface area contributed by atoms with Gasteiger partial charge in [-0.05, 0) is 7.05 Å². The zero-order valence-corrected chi connectivity index (χ0v) is 4.05. The Kier molecular flexibility index (Phi) is 1.25. The first-order valence-electron chi connectivity index (χ1n) is 2.10. The molecule has 0 amide bonds. The Morgan fingerprint density at radius 2 is 2.57 bits per heavy atom. The van der Waals surface area contributed by atoms with E-state index in [9.17, 15) is 5.21 Å². The van der Waals surface area contributed by atoms with Crippen molar-refractivity contribution >= 4 is 0 Å². The Bertz CT molecular complexity index is 62.0. The molecule has 1 unspecified atom stereocenters. The summed E-state index contributed by atoms with van der Waals surface area (Å²) in [7, 11) is 1.32. The van der Waals surface area contributed by atoms with Crippen molar-refractivity contribution in [1.82, 2.24) is 10.5 Å². The molecule has 0 aliphatic carbocycles. The van der Waals surface area contributed by atoms with Crippen molar-refractivity contribution in [2.45, 2.75) is 6.23 Å². The standard InChI is InChI=1S/C3H7N2O2/c1-5(6)7-3-2-4-3/h3-4H,2H2,1H3/q-1. The molecule has 1 N–H and O–H groups in total. The van der Waals surface area contributed by atoms with Gasteiger partial charge in [-0.15, -0.1) is 0 Å². The van der Waals surface area contributed by atoms with E-state index < -0.39 is 0 Å². The van der Waals surface area contributed by atoms with Crippen molar-refractivity contribution in [2.75, 3.05) is 13.6 Å². The molecule has 0 radical (unpaired) electrons. The van der Waals surface area contributed by atoms with Crippen molar-refractivity contribution in [3.05, 3.63) is 5.21 Å². The van der Waals surface area contributed by atoms with E-state index in [0.717, 1.165) is 6.54 Å². The van der Waals surface area contributed by atoms with Crippen LogP contribution in [0.5, 0.6) is 0 Å². The van der Waals surface area contributed by atoms with Crippen LogP contribution in [-0.2, 0) is 4.84 Å². The maximum atomic E-state index is 9.95. The van der Waals surface area contributed by atoms with Crippen LogP contribution >= 0.6 is 0 Å². The SMILES string of the molecule is CN([O-])OC1CN1. The second-order valence-electron chi connectivity index (χ2n) is 1.44. The molecule has 1 aliphatic heterocycles. The lowest BCUT2D eigenvalue weighted by atomic mass is 10.9. The third-order valence-electron chi connectivity index (χ3n) is 0.646. The molecule has 0 spiro atoms. The summed E-state index contributed by atoms with van der Waals surface area (Å²) >= 11 is 0. The van der Waals surface area contributed by atoms with Crippen molar-refractivity contribution in [2.24, 2.45) is 0 Å². The molecule has 42 valence electrons. The third kappa shape index (κ3) is 1.84. The van der Waals surface area contributed by atoms with Crippen LogP contribution in [0.3, 0.4) is 0 Å². The zero-order chi connectivity index (χ0) is 5.28. The maximum Gasteiger partial charge on any atom is 0.141 e. The zero-order valence-electron chi connectivity index (χ0n) is 4.05. The van der Waals surface area contributed by atoms with Crippen LogP contribution in [0.2, 0.25) is 0 Å². The average Bonchev–Trinajstić information content (AvgIpc) is 2.17. The molecule has 0 aromatic heterocycles. The fraction of sp³-hybridized carbons (Fsp3) is 1.00. The third-order valence-corrected chi connectivity index (χ3v) is 0.646. The Morgan fingerprint density at radius 1 is 2.00 bits per heavy atom. The molecule has 1 aliphatic rings. The highest BCUT2D eigenvalue weighted by molar-refractivity contribution is 4.71. The van der Waals surface area contributed by atoms with E-state index >= 15 is 0 Å². The summed E-state index contributed by atoms with van der Waals surface area (Å²) < 4.78 is 0. The summed E-state index contributed by atoms with van der Waals surface area (Å²) in [5.74, 6) is 0. The van der Waals surface area contributed by atoms with Gasteiger partial charge in [-0.25, -0.2) is 0 Å². The maximum absolute atomic E-state index is 9.95. The first kappa shape index (κ1) is 4.99. The highest BCUT2D eigenvalue weighted by atomic mass is 16.9. The van der Waals surface area contributed by atoms with E-state index in [4.69, 9.17) is 0 Å². The van der Waals surface area contributed by atoms with Crippen molar-refractivity contribution in [3.8, 4) is 0 Å². The number of hydrogen-bond donors (Lipinski definition) is 1. The minimum absolute atomic E-state index is 0.0116. The molecule has 1 fully saturated rings. The van der Waals surface area contributed by atoms with E-state index in [1.54, 1.807) is 0 Å². The minimum Gasteiger partial charge on any atom is -0.762 e. The smallest absolute Gasteiger partial charge is 0.141 e. The Hall–Kier alpha value is -0.160. The molecule has 0 bridgehead atoms. The molecule has 1 saturated heterocycles. The number of hydroxylamine groups is 2. The van der Waals surface area contributed by atoms with E-state index in [2.05, 4.69) is 10.2 Å². The quantitative estimate of drug-likeness (QED) is 0.370. The van der Waals surface area contributed by atoms with Gasteiger partial charge in [0.1, 0.15) is 6.23 Å². The Labute approximate surface area is 41.6 Å². The van der Waals surface area contributed by atoms with Gasteiger partial charge in [0, 0.05) is 6.54 Å². The molecule has 1 atom stereocenters. The van der Waals surface area contributed by atoms with Crippen LogP contribution in [0.1, 0.15) is 0 Å². The van der Waals surface area contributed by atoms with Crippen LogP contribution < -0.4 is 5.32 Å². The van der Waals surface area contributed by atoms with Gasteiger partial charge in [0.2, 0.25) is 0 Å². The predicted octanol–water partition coefficient (Wildman–Crippen LogP) is -0.723. The number of rotatable bonds is 2. The first-order chi connectivity index (χ1) is 3.29. The number of hydrogen-bond acceptors (Lipinski definition) is 4. The molecule has 7 heavy (non-hydrogen) atoms. The van der Waals surface area contributed by atoms with E-state index in [1.165, 1.54) is 7.05 Å². The molecular weight excluding hydrogens is 96.0 g/mol. The lowest BCUT2D eigenvalue weighted by Gasteiger charge is -2.19. The highest BCUT2D eigenvalue weighted by Gasteiger charge is 2.20. The average molecular weight is 103 g/mol. The molecule has 1 rings (SSSR count). The van der Waals surface area contributed by atoms with Crippen molar-refractivity contribution in [3.63, 3.8) is 0 Å². The van der Waals surface area contributed by atoms with Crippen LogP contribution in [0.4, 0.5) is 0 Å². The fourth-order valence-corrected chi connectivity index (χ4v) is 0.302. The Balaban J connectivity index is 1.97. The van der Waals surface area contributed by atoms with Gasteiger partial charge in [0.25, 0.3) is 0 Å². The van der Waals surface area contributed by atoms with Gasteiger partial charge < -0.3 is 5.21 Å². The summed E-state index contributed by atoms with van der Waals surface area (Å²) in [4.78, 5) is 4.53. The first-order valence-corrected chi connectivity index (χ1v) is 2.10. The summed E-state index contributed by atoms with van der Waals surface area (Å²) in [6, 6.07) is 0. The normalized spacial score (nSPS) is 28.7. The molecule has 0 aromatic rings. The van der Waals surface area contributed by atoms with Gasteiger partial charge in [-0.2, -0.15) is 0 Å². The highest BCUT2D eigenvalue weighted by Crippen LogP contribution is 1.98. The lowest BCUT2D eigenvalue weighted by Crippen LogP contribution is -2.13. The molecule has 4 heteroatoms. The summed E-state index contributed by atoms with van der Waals surface area (Å²) in [5, 5.41) is 13.2. The second-order valence-corrected chi connectivity index (χ2v) is 1.44. The molecule has 0 aromatic carbocycles. The minimum atomic E-state index is -0.0116. The largest absolute Gasteiger partial charge is 0.762 e. The van der Waals surface area contributed by atoms with Crippen LogP contribution in [0.25, 0.3) is 0 Å². The topological polar surface area (TPSA) is 57.5 Å². The van der Waals surface area contributed by atoms with Crippen molar-refractivity contribution < 1.29 is 4.84 Å². The van der Waals surface area contributed by atoms with E-state index in [0.29, 0.717) is 5.23 Å². The number of nitrogens with one attached hydrogen (secondary N) is 1. The summed E-state index contributed by atoms with van der Waals surface area (Å²) in [5.41, 5.74) is 0. The van der Waals surface area contributed by atoms with Gasteiger partial charge in [0.15, 0.2) is 0 Å². The monoisotopic (exact) mass is 103 g/mol. The van der Waals surface area contributed by atoms with E-state index in [1.807, 2.05) is 0 Å². The molecule has 4 nitrogen and oxygen atoms in total. The fourth-order valence-electron chi connectivity index (χ4n) is 0.302. The van der Waals surface area contributed by atoms with Crippen molar-refractivity contribution in [1.29, 1.82) is 0 Å². The number of nitrogens with zero attached hydrogens (tertiary/aromatic N) is 1. The Morgan fingerprint density at radius 3 is 2.71 bits per heavy atom. The summed E-state index contributed by atoms with van der Waals surface area (Å²) in [6.45, 7) is 0.798. The van der Waals surface area contributed by atoms with Gasteiger partial charge in [-0.1, -0.05) is 0 Å². The van der Waals surface area contributed by atoms with E-state index in [-0.39, 0.29) is 6.23 Å². The van der Waals surface area contributed by atoms with Gasteiger partial charge in [-0.3, -0.25) is 15.4 Å². The van der Waals surface area contributed by atoms with Crippen LogP contribution in [0.15, 0.2) is 0 Å². The van der Waals surface area contributed by atoms with Gasteiger partial charge >= 0.3 is 0 Å². The summed E-state index contributed by atoms with van der Waals surface area (Å²) in [6.07, 6.45) is -0.0116. The van der Waals surface area contributed by atoms with Crippen LogP contribution in [-0.4, -0.2) is 25.0 Å². The molecule has 1 heterocycles. The molecule has 0 saturated carbocycles. The predicted molar refractivity (Wildman–Crippen MR) is 24.0 cm³/mol.